The summed E-state index contributed by atoms with van der Waals surface area (Å²) in [5, 5.41) is 13.7. The lowest BCUT2D eigenvalue weighted by molar-refractivity contribution is -0.147. The maximum absolute atomic E-state index is 12.8. The SMILES string of the molecule is COc1ccc(CC(=O)O)cc1-c1ccc(-c2onc(C)c2CC(=O)OC(C)c2ccccc2Cl)cc1. The number of hydrogen-bond acceptors (Lipinski definition) is 6. The van der Waals surface area contributed by atoms with E-state index >= 15 is 0 Å². The number of ether oxygens (including phenoxy) is 2. The van der Waals surface area contributed by atoms with E-state index in [1.807, 2.05) is 48.5 Å². The van der Waals surface area contributed by atoms with Crippen LogP contribution in [-0.2, 0) is 27.2 Å². The van der Waals surface area contributed by atoms with Gasteiger partial charge in [-0.25, -0.2) is 0 Å². The number of methoxy groups -OCH3 is 1. The van der Waals surface area contributed by atoms with Gasteiger partial charge in [-0.15, -0.1) is 0 Å². The summed E-state index contributed by atoms with van der Waals surface area (Å²) in [6.07, 6.45) is -0.594. The molecule has 4 rings (SSSR count). The van der Waals surface area contributed by atoms with Crippen LogP contribution in [0.25, 0.3) is 22.5 Å². The second-order valence-electron chi connectivity index (χ2n) is 8.59. The molecule has 0 aliphatic rings. The zero-order valence-electron chi connectivity index (χ0n) is 20.7. The van der Waals surface area contributed by atoms with Crippen molar-refractivity contribution in [2.24, 2.45) is 0 Å². The Kier molecular flexibility index (Phi) is 7.94. The van der Waals surface area contributed by atoms with Gasteiger partial charge in [-0.2, -0.15) is 0 Å². The molecule has 1 aromatic heterocycles. The van der Waals surface area contributed by atoms with E-state index in [1.165, 1.54) is 0 Å². The van der Waals surface area contributed by atoms with Crippen molar-refractivity contribution in [3.05, 3.63) is 94.1 Å². The van der Waals surface area contributed by atoms with Gasteiger partial charge in [-0.1, -0.05) is 65.3 Å². The molecule has 0 fully saturated rings. The van der Waals surface area contributed by atoms with Crippen LogP contribution >= 0.6 is 11.6 Å². The molecule has 3 aromatic carbocycles. The van der Waals surface area contributed by atoms with Crippen molar-refractivity contribution in [2.75, 3.05) is 7.11 Å². The van der Waals surface area contributed by atoms with Crippen molar-refractivity contribution in [1.82, 2.24) is 5.16 Å². The minimum Gasteiger partial charge on any atom is -0.496 e. The summed E-state index contributed by atoms with van der Waals surface area (Å²) in [5.74, 6) is -0.206. The number of esters is 1. The van der Waals surface area contributed by atoms with E-state index in [-0.39, 0.29) is 12.8 Å². The number of halogens is 1. The standard InChI is InChI=1S/C29H26ClNO6/c1-17-23(16-28(34)36-18(2)22-6-4-5-7-25(22)30)29(37-31-17)21-11-9-20(10-12-21)24-14-19(15-27(32)33)8-13-26(24)35-3/h4-14,18H,15-16H2,1-3H3,(H,32,33). The Morgan fingerprint density at radius 2 is 1.73 bits per heavy atom. The predicted molar refractivity (Wildman–Crippen MR) is 140 cm³/mol. The molecule has 1 N–H and O–H groups in total. The van der Waals surface area contributed by atoms with Gasteiger partial charge in [0.25, 0.3) is 0 Å². The molecule has 0 amide bonds. The van der Waals surface area contributed by atoms with Crippen molar-refractivity contribution in [3.63, 3.8) is 0 Å². The highest BCUT2D eigenvalue weighted by molar-refractivity contribution is 6.31. The van der Waals surface area contributed by atoms with Gasteiger partial charge in [0.1, 0.15) is 11.9 Å². The van der Waals surface area contributed by atoms with Crippen molar-refractivity contribution in [1.29, 1.82) is 0 Å². The Bertz CT molecular complexity index is 1430. The number of aromatic nitrogens is 1. The summed E-state index contributed by atoms with van der Waals surface area (Å²) < 4.78 is 16.7. The summed E-state index contributed by atoms with van der Waals surface area (Å²) in [4.78, 5) is 23.9. The predicted octanol–water partition coefficient (Wildman–Crippen LogP) is 6.45. The fourth-order valence-corrected chi connectivity index (χ4v) is 4.43. The summed E-state index contributed by atoms with van der Waals surface area (Å²) in [6, 6.07) is 20.0. The number of aryl methyl sites for hydroxylation is 1. The normalized spacial score (nSPS) is 11.7. The monoisotopic (exact) mass is 519 g/mol. The maximum Gasteiger partial charge on any atom is 0.311 e. The van der Waals surface area contributed by atoms with E-state index in [4.69, 9.17) is 30.7 Å². The number of benzene rings is 3. The zero-order chi connectivity index (χ0) is 26.5. The Morgan fingerprint density at radius 1 is 1.03 bits per heavy atom. The molecule has 0 aliphatic carbocycles. The molecule has 1 atom stereocenters. The second-order valence-corrected chi connectivity index (χ2v) is 9.00. The molecule has 1 heterocycles. The molecule has 1 unspecified atom stereocenters. The third-order valence-electron chi connectivity index (χ3n) is 6.03. The maximum atomic E-state index is 12.8. The van der Waals surface area contributed by atoms with Crippen LogP contribution < -0.4 is 4.74 Å². The fourth-order valence-electron chi connectivity index (χ4n) is 4.14. The minimum absolute atomic E-state index is 0.00767. The van der Waals surface area contributed by atoms with Crippen molar-refractivity contribution in [2.45, 2.75) is 32.8 Å². The van der Waals surface area contributed by atoms with E-state index in [0.717, 1.165) is 22.3 Å². The first-order chi connectivity index (χ1) is 17.8. The van der Waals surface area contributed by atoms with E-state index in [9.17, 15) is 9.59 Å². The van der Waals surface area contributed by atoms with Crippen molar-refractivity contribution < 1.29 is 28.7 Å². The lowest BCUT2D eigenvalue weighted by Crippen LogP contribution is -2.12. The first-order valence-electron chi connectivity index (χ1n) is 11.7. The molecule has 0 radical (unpaired) electrons. The van der Waals surface area contributed by atoms with Crippen LogP contribution in [0.5, 0.6) is 5.75 Å². The number of nitrogens with zero attached hydrogens (tertiary/aromatic N) is 1. The zero-order valence-corrected chi connectivity index (χ0v) is 21.4. The lowest BCUT2D eigenvalue weighted by atomic mass is 9.98. The first-order valence-corrected chi connectivity index (χ1v) is 12.0. The van der Waals surface area contributed by atoms with Crippen LogP contribution in [0.4, 0.5) is 0 Å². The lowest BCUT2D eigenvalue weighted by Gasteiger charge is -2.15. The third-order valence-corrected chi connectivity index (χ3v) is 6.38. The Morgan fingerprint density at radius 3 is 2.41 bits per heavy atom. The van der Waals surface area contributed by atoms with Crippen molar-refractivity contribution >= 4 is 23.5 Å². The van der Waals surface area contributed by atoms with Gasteiger partial charge >= 0.3 is 11.9 Å². The Balaban J connectivity index is 1.55. The average molecular weight is 520 g/mol. The summed E-state index contributed by atoms with van der Waals surface area (Å²) >= 11 is 6.23. The molecule has 4 aromatic rings. The molecule has 0 spiro atoms. The molecule has 37 heavy (non-hydrogen) atoms. The second kappa shape index (κ2) is 11.3. The van der Waals surface area contributed by atoms with Crippen molar-refractivity contribution in [3.8, 4) is 28.2 Å². The molecule has 0 aliphatic heterocycles. The van der Waals surface area contributed by atoms with Gasteiger partial charge < -0.3 is 19.1 Å². The Hall–Kier alpha value is -4.10. The van der Waals surface area contributed by atoms with E-state index in [0.29, 0.717) is 33.4 Å². The van der Waals surface area contributed by atoms with Gasteiger partial charge in [0.05, 0.1) is 25.6 Å². The summed E-state index contributed by atoms with van der Waals surface area (Å²) in [7, 11) is 1.57. The van der Waals surface area contributed by atoms with Gasteiger partial charge in [0.2, 0.25) is 0 Å². The molecular formula is C29H26ClNO6. The quantitative estimate of drug-likeness (QED) is 0.253. The molecule has 190 valence electrons. The number of hydrogen-bond donors (Lipinski definition) is 1. The number of aliphatic carboxylic acids is 1. The summed E-state index contributed by atoms with van der Waals surface area (Å²) in [5.41, 5.74) is 5.02. The summed E-state index contributed by atoms with van der Waals surface area (Å²) in [6.45, 7) is 3.55. The van der Waals surface area contributed by atoms with Gasteiger partial charge in [-0.3, -0.25) is 9.59 Å². The number of rotatable bonds is 9. The first kappa shape index (κ1) is 26.0. The van der Waals surface area contributed by atoms with Crippen LogP contribution in [-0.4, -0.2) is 29.3 Å². The van der Waals surface area contributed by atoms with Gasteiger partial charge in [0, 0.05) is 27.3 Å². The number of carbonyl (C=O) groups excluding carboxylic acids is 1. The average Bonchev–Trinajstić information content (AvgIpc) is 3.23. The van der Waals surface area contributed by atoms with Crippen LogP contribution in [0.3, 0.4) is 0 Å². The minimum atomic E-state index is -0.903. The van der Waals surface area contributed by atoms with E-state index in [1.54, 1.807) is 39.2 Å². The van der Waals surface area contributed by atoms with Crippen LogP contribution in [0.2, 0.25) is 5.02 Å². The number of carboxylic acids is 1. The molecular weight excluding hydrogens is 494 g/mol. The Labute approximate surface area is 219 Å². The third kappa shape index (κ3) is 6.01. The molecule has 0 bridgehead atoms. The van der Waals surface area contributed by atoms with Crippen LogP contribution in [0.1, 0.15) is 35.4 Å². The largest absolute Gasteiger partial charge is 0.496 e. The number of carbonyl (C=O) groups is 2. The molecule has 8 heteroatoms. The topological polar surface area (TPSA) is 98.9 Å². The molecule has 7 nitrogen and oxygen atoms in total. The van der Waals surface area contributed by atoms with E-state index in [2.05, 4.69) is 5.16 Å². The van der Waals surface area contributed by atoms with Crippen LogP contribution in [0.15, 0.2) is 71.3 Å². The smallest absolute Gasteiger partial charge is 0.311 e. The highest BCUT2D eigenvalue weighted by Gasteiger charge is 2.21. The van der Waals surface area contributed by atoms with E-state index < -0.39 is 18.0 Å². The van der Waals surface area contributed by atoms with Crippen LogP contribution in [0, 0.1) is 6.92 Å². The highest BCUT2D eigenvalue weighted by atomic mass is 35.5. The fraction of sp³-hybridized carbons (Fsp3) is 0.207. The molecule has 0 saturated carbocycles. The van der Waals surface area contributed by atoms with Gasteiger partial charge in [-0.05, 0) is 43.2 Å². The van der Waals surface area contributed by atoms with Gasteiger partial charge in [0.15, 0.2) is 5.76 Å². The number of carboxylic acid groups (broad SMARTS) is 1. The highest BCUT2D eigenvalue weighted by Crippen LogP contribution is 2.34. The molecule has 0 saturated heterocycles.